The largest absolute Gasteiger partial charge is 0.390 e. The Morgan fingerprint density at radius 3 is 2.09 bits per heavy atom. The smallest absolute Gasteiger partial charge is 0.213 e. The molecular formula is C8H10O3. The van der Waals surface area contributed by atoms with Gasteiger partial charge in [0, 0.05) is 5.56 Å². The second-order valence-electron chi connectivity index (χ2n) is 2.34. The molecule has 3 N–H and O–H groups in total. The van der Waals surface area contributed by atoms with Crippen molar-refractivity contribution in [2.24, 2.45) is 0 Å². The zero-order valence-corrected chi connectivity index (χ0v) is 5.94. The van der Waals surface area contributed by atoms with E-state index in [0.29, 0.717) is 5.56 Å². The molecule has 0 radical (unpaired) electrons. The lowest BCUT2D eigenvalue weighted by molar-refractivity contribution is -0.195. The lowest BCUT2D eigenvalue weighted by atomic mass is 10.1. The number of rotatable bonds is 2. The highest BCUT2D eigenvalue weighted by molar-refractivity contribution is 5.19. The van der Waals surface area contributed by atoms with Gasteiger partial charge < -0.3 is 15.3 Å². The van der Waals surface area contributed by atoms with E-state index in [1.54, 1.807) is 18.2 Å². The van der Waals surface area contributed by atoms with Crippen LogP contribution in [0.1, 0.15) is 5.56 Å². The molecule has 0 aliphatic heterocycles. The lowest BCUT2D eigenvalue weighted by Gasteiger charge is -2.18. The molecule has 0 unspecified atom stereocenters. The van der Waals surface area contributed by atoms with Gasteiger partial charge in [0.15, 0.2) is 0 Å². The van der Waals surface area contributed by atoms with Gasteiger partial charge in [0.05, 0.1) is 0 Å². The third-order valence-corrected chi connectivity index (χ3v) is 1.46. The van der Waals surface area contributed by atoms with Crippen LogP contribution < -0.4 is 0 Å². The zero-order valence-electron chi connectivity index (χ0n) is 5.94. The van der Waals surface area contributed by atoms with Crippen molar-refractivity contribution in [3.63, 3.8) is 0 Å². The summed E-state index contributed by atoms with van der Waals surface area (Å²) in [5.74, 6) is -2.11. The highest BCUT2D eigenvalue weighted by atomic mass is 16.5. The van der Waals surface area contributed by atoms with E-state index in [-0.39, 0.29) is 0 Å². The molecule has 3 nitrogen and oxygen atoms in total. The van der Waals surface area contributed by atoms with Crippen molar-refractivity contribution < 1.29 is 15.3 Å². The molecule has 0 fully saturated rings. The van der Waals surface area contributed by atoms with Gasteiger partial charge in [-0.3, -0.25) is 0 Å². The average molecular weight is 154 g/mol. The topological polar surface area (TPSA) is 60.7 Å². The summed E-state index contributed by atoms with van der Waals surface area (Å²) in [4.78, 5) is 0. The van der Waals surface area contributed by atoms with Crippen molar-refractivity contribution in [3.05, 3.63) is 35.9 Å². The van der Waals surface area contributed by atoms with Crippen molar-refractivity contribution in [1.82, 2.24) is 0 Å². The summed E-state index contributed by atoms with van der Waals surface area (Å²) in [6.07, 6.45) is 0. The monoisotopic (exact) mass is 154 g/mol. The Balaban J connectivity index is 2.93. The minimum atomic E-state index is -2.11. The van der Waals surface area contributed by atoms with E-state index in [1.807, 2.05) is 0 Å². The molecule has 0 bridgehead atoms. The second kappa shape index (κ2) is 3.00. The van der Waals surface area contributed by atoms with Crippen LogP contribution in [0.3, 0.4) is 0 Å². The van der Waals surface area contributed by atoms with Crippen LogP contribution in [-0.2, 0) is 5.79 Å². The lowest BCUT2D eigenvalue weighted by Crippen LogP contribution is -2.29. The predicted octanol–water partition coefficient (Wildman–Crippen LogP) is -0.184. The Morgan fingerprint density at radius 1 is 1.09 bits per heavy atom. The summed E-state index contributed by atoms with van der Waals surface area (Å²) in [5.41, 5.74) is 0.294. The van der Waals surface area contributed by atoms with Gasteiger partial charge in [0.25, 0.3) is 0 Å². The molecular weight excluding hydrogens is 144 g/mol. The van der Waals surface area contributed by atoms with Crippen LogP contribution in [0.5, 0.6) is 0 Å². The van der Waals surface area contributed by atoms with Gasteiger partial charge in [-0.1, -0.05) is 30.3 Å². The van der Waals surface area contributed by atoms with Crippen LogP contribution in [0.15, 0.2) is 30.3 Å². The fraction of sp³-hybridized carbons (Fsp3) is 0.250. The van der Waals surface area contributed by atoms with Crippen LogP contribution in [0.2, 0.25) is 0 Å². The molecule has 0 saturated carbocycles. The summed E-state index contributed by atoms with van der Waals surface area (Å²) < 4.78 is 0. The third-order valence-electron chi connectivity index (χ3n) is 1.46. The number of hydrogen-bond acceptors (Lipinski definition) is 3. The van der Waals surface area contributed by atoms with Crippen LogP contribution in [-0.4, -0.2) is 21.9 Å². The molecule has 1 aromatic rings. The molecule has 1 aromatic carbocycles. The Kier molecular flexibility index (Phi) is 2.24. The van der Waals surface area contributed by atoms with E-state index in [0.717, 1.165) is 0 Å². The Bertz CT molecular complexity index is 218. The predicted molar refractivity (Wildman–Crippen MR) is 39.6 cm³/mol. The van der Waals surface area contributed by atoms with Crippen LogP contribution in [0.4, 0.5) is 0 Å². The van der Waals surface area contributed by atoms with E-state index in [4.69, 9.17) is 15.3 Å². The molecule has 1 rings (SSSR count). The molecule has 3 heteroatoms. The van der Waals surface area contributed by atoms with E-state index in [2.05, 4.69) is 0 Å². The van der Waals surface area contributed by atoms with Crippen molar-refractivity contribution in [1.29, 1.82) is 0 Å². The van der Waals surface area contributed by atoms with Gasteiger partial charge in [-0.2, -0.15) is 0 Å². The van der Waals surface area contributed by atoms with Gasteiger partial charge in [-0.05, 0) is 0 Å². The Labute approximate surface area is 64.5 Å². The second-order valence-corrected chi connectivity index (χ2v) is 2.34. The molecule has 60 valence electrons. The normalized spacial score (nSPS) is 11.5. The van der Waals surface area contributed by atoms with Crippen molar-refractivity contribution in [2.45, 2.75) is 5.79 Å². The van der Waals surface area contributed by atoms with E-state index >= 15 is 0 Å². The molecule has 0 aromatic heterocycles. The molecule has 0 heterocycles. The Hall–Kier alpha value is -0.900. The number of hydrogen-bond donors (Lipinski definition) is 3. The molecule has 0 spiro atoms. The summed E-state index contributed by atoms with van der Waals surface area (Å²) in [6, 6.07) is 8.18. The maximum atomic E-state index is 9.10. The molecule has 0 saturated heterocycles. The first-order valence-electron chi connectivity index (χ1n) is 3.28. The summed E-state index contributed by atoms with van der Waals surface area (Å²) in [6.45, 7) is -0.697. The number of aliphatic hydroxyl groups excluding tert-OH is 1. The van der Waals surface area contributed by atoms with Crippen LogP contribution >= 0.6 is 0 Å². The van der Waals surface area contributed by atoms with Gasteiger partial charge >= 0.3 is 0 Å². The highest BCUT2D eigenvalue weighted by Gasteiger charge is 2.23. The quantitative estimate of drug-likeness (QED) is 0.518. The molecule has 0 aliphatic rings. The number of aliphatic hydroxyl groups is 3. The van der Waals surface area contributed by atoms with Crippen molar-refractivity contribution >= 4 is 0 Å². The van der Waals surface area contributed by atoms with Gasteiger partial charge in [-0.15, -0.1) is 0 Å². The standard InChI is InChI=1S/C8H10O3/c9-6-8(10,11)7-4-2-1-3-5-7/h1-5,9-11H,6H2. The average Bonchev–Trinajstić information content (AvgIpc) is 2.06. The van der Waals surface area contributed by atoms with E-state index < -0.39 is 12.4 Å². The van der Waals surface area contributed by atoms with Crippen molar-refractivity contribution in [2.75, 3.05) is 6.61 Å². The van der Waals surface area contributed by atoms with Crippen LogP contribution in [0, 0.1) is 0 Å². The Morgan fingerprint density at radius 2 is 1.64 bits per heavy atom. The maximum absolute atomic E-state index is 9.10. The minimum Gasteiger partial charge on any atom is -0.390 e. The third kappa shape index (κ3) is 1.77. The van der Waals surface area contributed by atoms with Crippen molar-refractivity contribution in [3.8, 4) is 0 Å². The molecule has 0 aliphatic carbocycles. The maximum Gasteiger partial charge on any atom is 0.213 e. The molecule has 0 amide bonds. The van der Waals surface area contributed by atoms with E-state index in [9.17, 15) is 0 Å². The molecule has 11 heavy (non-hydrogen) atoms. The highest BCUT2D eigenvalue weighted by Crippen LogP contribution is 2.15. The minimum absolute atomic E-state index is 0.294. The fourth-order valence-corrected chi connectivity index (χ4v) is 0.796. The fourth-order valence-electron chi connectivity index (χ4n) is 0.796. The zero-order chi connectivity index (χ0) is 8.32. The first kappa shape index (κ1) is 8.20. The summed E-state index contributed by atoms with van der Waals surface area (Å²) in [5, 5.41) is 26.7. The van der Waals surface area contributed by atoms with Gasteiger partial charge in [0.1, 0.15) is 6.61 Å². The SMILES string of the molecule is OCC(O)(O)c1ccccc1. The van der Waals surface area contributed by atoms with Gasteiger partial charge in [0.2, 0.25) is 5.79 Å². The van der Waals surface area contributed by atoms with E-state index in [1.165, 1.54) is 12.1 Å². The first-order chi connectivity index (χ1) is 5.17. The number of benzene rings is 1. The summed E-state index contributed by atoms with van der Waals surface area (Å²) >= 11 is 0. The molecule has 0 atom stereocenters. The summed E-state index contributed by atoms with van der Waals surface area (Å²) in [7, 11) is 0. The first-order valence-corrected chi connectivity index (χ1v) is 3.28. The van der Waals surface area contributed by atoms with Gasteiger partial charge in [-0.25, -0.2) is 0 Å². The van der Waals surface area contributed by atoms with Crippen LogP contribution in [0.25, 0.3) is 0 Å².